The van der Waals surface area contributed by atoms with Gasteiger partial charge in [-0.1, -0.05) is 38.5 Å². The molecule has 0 amide bonds. The molecule has 0 unspecified atom stereocenters. The van der Waals surface area contributed by atoms with Crippen molar-refractivity contribution in [1.82, 2.24) is 0 Å². The highest BCUT2D eigenvalue weighted by Crippen LogP contribution is 2.62. The van der Waals surface area contributed by atoms with E-state index in [0.717, 1.165) is 32.1 Å². The van der Waals surface area contributed by atoms with Crippen molar-refractivity contribution in [3.05, 3.63) is 24.3 Å². The second-order valence-electron chi connectivity index (χ2n) is 8.52. The first-order valence-electron chi connectivity index (χ1n) is 8.79. The van der Waals surface area contributed by atoms with Crippen LogP contribution in [0.25, 0.3) is 0 Å². The average molecular weight is 306 g/mol. The molecule has 2 aliphatic rings. The summed E-state index contributed by atoms with van der Waals surface area (Å²) in [4.78, 5) is 0. The van der Waals surface area contributed by atoms with E-state index >= 15 is 0 Å². The summed E-state index contributed by atoms with van der Waals surface area (Å²) in [6, 6.07) is 0. The number of hydrogen-bond donors (Lipinski definition) is 2. The number of hydrogen-bond acceptors (Lipinski definition) is 2. The summed E-state index contributed by atoms with van der Waals surface area (Å²) in [5.74, 6) is 0.941. The van der Waals surface area contributed by atoms with Gasteiger partial charge in [-0.25, -0.2) is 0 Å². The van der Waals surface area contributed by atoms with Crippen molar-refractivity contribution in [2.45, 2.75) is 78.4 Å². The van der Waals surface area contributed by atoms with Crippen molar-refractivity contribution in [1.29, 1.82) is 0 Å². The number of allylic oxidation sites excluding steroid dienone is 1. The van der Waals surface area contributed by atoms with Gasteiger partial charge in [0.2, 0.25) is 0 Å². The molecule has 0 aliphatic heterocycles. The van der Waals surface area contributed by atoms with Gasteiger partial charge in [0.15, 0.2) is 0 Å². The molecular formula is C20H34O2. The van der Waals surface area contributed by atoms with E-state index < -0.39 is 5.60 Å². The second-order valence-corrected chi connectivity index (χ2v) is 8.52. The lowest BCUT2D eigenvalue weighted by Gasteiger charge is -2.60. The predicted octanol–water partition coefficient (Wildman–Crippen LogP) is 4.47. The maximum absolute atomic E-state index is 10.8. The molecule has 2 N–H and O–H groups in total. The van der Waals surface area contributed by atoms with Gasteiger partial charge in [-0.15, -0.1) is 6.58 Å². The number of aliphatic hydroxyl groups is 2. The molecule has 0 aromatic carbocycles. The average Bonchev–Trinajstić information content (AvgIpc) is 2.46. The first-order chi connectivity index (χ1) is 10.1. The minimum atomic E-state index is -0.797. The normalized spacial score (nSPS) is 44.7. The molecule has 2 aliphatic carbocycles. The van der Waals surface area contributed by atoms with Gasteiger partial charge in [0.1, 0.15) is 0 Å². The van der Waals surface area contributed by atoms with Crippen LogP contribution in [0.15, 0.2) is 24.3 Å². The molecule has 126 valence electrons. The number of rotatable bonds is 4. The van der Waals surface area contributed by atoms with Crippen LogP contribution in [0.3, 0.4) is 0 Å². The SMILES string of the molecule is C=C[C@@](C)(O)CC[C@]1(C)[C@H](C)C[C@H](O)[C@@]2(C)C(C)=CCC[C@H]12. The van der Waals surface area contributed by atoms with E-state index in [4.69, 9.17) is 0 Å². The van der Waals surface area contributed by atoms with Crippen LogP contribution in [0.2, 0.25) is 0 Å². The zero-order valence-electron chi connectivity index (χ0n) is 15.0. The minimum Gasteiger partial charge on any atom is -0.392 e. The van der Waals surface area contributed by atoms with Crippen molar-refractivity contribution in [3.8, 4) is 0 Å². The summed E-state index contributed by atoms with van der Waals surface area (Å²) < 4.78 is 0. The van der Waals surface area contributed by atoms with E-state index in [9.17, 15) is 10.2 Å². The summed E-state index contributed by atoms with van der Waals surface area (Å²) in [6.45, 7) is 14.7. The highest BCUT2D eigenvalue weighted by molar-refractivity contribution is 5.23. The molecular weight excluding hydrogens is 272 g/mol. The third kappa shape index (κ3) is 2.69. The van der Waals surface area contributed by atoms with Gasteiger partial charge in [0.25, 0.3) is 0 Å². The maximum Gasteiger partial charge on any atom is 0.0797 e. The van der Waals surface area contributed by atoms with Crippen molar-refractivity contribution in [3.63, 3.8) is 0 Å². The molecule has 2 heteroatoms. The maximum atomic E-state index is 10.8. The van der Waals surface area contributed by atoms with E-state index in [1.807, 2.05) is 6.92 Å². The van der Waals surface area contributed by atoms with E-state index in [0.29, 0.717) is 11.8 Å². The van der Waals surface area contributed by atoms with Crippen molar-refractivity contribution < 1.29 is 10.2 Å². The monoisotopic (exact) mass is 306 g/mol. The lowest BCUT2D eigenvalue weighted by molar-refractivity contribution is -0.128. The van der Waals surface area contributed by atoms with E-state index in [-0.39, 0.29) is 16.9 Å². The minimum absolute atomic E-state index is 0.112. The summed E-state index contributed by atoms with van der Waals surface area (Å²) in [7, 11) is 0. The molecule has 0 bridgehead atoms. The van der Waals surface area contributed by atoms with Gasteiger partial charge in [0.05, 0.1) is 11.7 Å². The van der Waals surface area contributed by atoms with Crippen molar-refractivity contribution >= 4 is 0 Å². The predicted molar refractivity (Wildman–Crippen MR) is 92.5 cm³/mol. The van der Waals surface area contributed by atoms with Crippen LogP contribution in [0.5, 0.6) is 0 Å². The number of aliphatic hydroxyl groups excluding tert-OH is 1. The Morgan fingerprint density at radius 3 is 2.68 bits per heavy atom. The Labute approximate surface area is 136 Å². The molecule has 0 aromatic heterocycles. The third-order valence-corrected chi connectivity index (χ3v) is 7.28. The van der Waals surface area contributed by atoms with Gasteiger partial charge in [-0.05, 0) is 63.2 Å². The fourth-order valence-electron chi connectivity index (χ4n) is 5.01. The Morgan fingerprint density at radius 2 is 2.09 bits per heavy atom. The smallest absolute Gasteiger partial charge is 0.0797 e. The lowest BCUT2D eigenvalue weighted by atomic mass is 9.46. The quantitative estimate of drug-likeness (QED) is 0.752. The zero-order valence-corrected chi connectivity index (χ0v) is 15.0. The molecule has 2 nitrogen and oxygen atoms in total. The molecule has 0 spiro atoms. The van der Waals surface area contributed by atoms with Gasteiger partial charge in [0, 0.05) is 5.41 Å². The van der Waals surface area contributed by atoms with Crippen LogP contribution in [0, 0.1) is 22.7 Å². The first kappa shape index (κ1) is 17.7. The molecule has 0 saturated heterocycles. The Kier molecular flexibility index (Phi) is 4.68. The van der Waals surface area contributed by atoms with E-state index in [2.05, 4.69) is 40.3 Å². The Bertz CT molecular complexity index is 464. The molecule has 22 heavy (non-hydrogen) atoms. The van der Waals surface area contributed by atoms with Crippen molar-refractivity contribution in [2.75, 3.05) is 0 Å². The van der Waals surface area contributed by atoms with Crippen LogP contribution in [0.4, 0.5) is 0 Å². The third-order valence-electron chi connectivity index (χ3n) is 7.28. The summed E-state index contributed by atoms with van der Waals surface area (Å²) in [5.41, 5.74) is 0.593. The largest absolute Gasteiger partial charge is 0.392 e. The van der Waals surface area contributed by atoms with E-state index in [1.165, 1.54) is 5.57 Å². The van der Waals surface area contributed by atoms with Crippen LogP contribution in [0.1, 0.15) is 66.7 Å². The van der Waals surface area contributed by atoms with Gasteiger partial charge < -0.3 is 10.2 Å². The first-order valence-corrected chi connectivity index (χ1v) is 8.79. The topological polar surface area (TPSA) is 40.5 Å². The molecule has 1 saturated carbocycles. The summed E-state index contributed by atoms with van der Waals surface area (Å²) >= 11 is 0. The van der Waals surface area contributed by atoms with Gasteiger partial charge in [-0.3, -0.25) is 0 Å². The second kappa shape index (κ2) is 5.79. The number of fused-ring (bicyclic) bond motifs is 1. The van der Waals surface area contributed by atoms with E-state index in [1.54, 1.807) is 6.08 Å². The summed E-state index contributed by atoms with van der Waals surface area (Å²) in [5, 5.41) is 21.1. The molecule has 0 aromatic rings. The fourth-order valence-corrected chi connectivity index (χ4v) is 5.01. The molecule has 0 heterocycles. The van der Waals surface area contributed by atoms with Gasteiger partial charge >= 0.3 is 0 Å². The lowest BCUT2D eigenvalue weighted by Crippen LogP contribution is -2.56. The highest BCUT2D eigenvalue weighted by Gasteiger charge is 2.57. The molecule has 2 rings (SSSR count). The molecule has 6 atom stereocenters. The molecule has 1 fully saturated rings. The standard InChI is InChI=1S/C20H34O2/c1-7-18(4,22)11-12-19(5)15(3)13-17(21)20(6)14(2)9-8-10-16(19)20/h7,9,15-17,21-22H,1,8,10-13H2,2-6H3/t15-,16-,17+,18-,19-,20+/m1/s1. The van der Waals surface area contributed by atoms with Crippen molar-refractivity contribution in [2.24, 2.45) is 22.7 Å². The van der Waals surface area contributed by atoms with Crippen LogP contribution in [-0.4, -0.2) is 21.9 Å². The fraction of sp³-hybridized carbons (Fsp3) is 0.800. The zero-order chi connectivity index (χ0) is 16.8. The highest BCUT2D eigenvalue weighted by atomic mass is 16.3. The van der Waals surface area contributed by atoms with Gasteiger partial charge in [-0.2, -0.15) is 0 Å². The molecule has 0 radical (unpaired) electrons. The Balaban J connectivity index is 2.33. The van der Waals surface area contributed by atoms with Crippen LogP contribution in [-0.2, 0) is 0 Å². The summed E-state index contributed by atoms with van der Waals surface area (Å²) in [6.07, 6.45) is 8.54. The van der Waals surface area contributed by atoms with Crippen LogP contribution < -0.4 is 0 Å². The van der Waals surface area contributed by atoms with Crippen LogP contribution >= 0.6 is 0 Å². The Morgan fingerprint density at radius 1 is 1.45 bits per heavy atom. The Hall–Kier alpha value is -0.600.